The van der Waals surface area contributed by atoms with Crippen molar-refractivity contribution in [2.24, 2.45) is 5.92 Å². The van der Waals surface area contributed by atoms with Crippen molar-refractivity contribution in [3.8, 4) is 11.5 Å². The standard InChI is InChI=1S/C20H19ClF3N3O4/c1-11-14(6-7-25-17(11)27-18(28)12-2-3-12)19(29)26-8-9-30-16-5-4-13(10-15(16)21)31-20(22,23)24/h4-7,10,12H,2-3,8-9H2,1H3,(H,26,29)(H,25,27,28). The number of halogens is 4. The second-order valence-corrected chi connectivity index (χ2v) is 7.25. The number of anilines is 1. The number of ether oxygens (including phenoxy) is 2. The molecule has 1 heterocycles. The molecule has 7 nitrogen and oxygen atoms in total. The Balaban J connectivity index is 1.51. The third kappa shape index (κ3) is 6.48. The first-order chi connectivity index (χ1) is 14.6. The lowest BCUT2D eigenvalue weighted by Gasteiger charge is -2.13. The van der Waals surface area contributed by atoms with E-state index in [9.17, 15) is 22.8 Å². The molecule has 2 amide bonds. The average molecular weight is 458 g/mol. The Hall–Kier alpha value is -3.01. The maximum absolute atomic E-state index is 12.4. The summed E-state index contributed by atoms with van der Waals surface area (Å²) >= 11 is 5.90. The number of carbonyl (C=O) groups excluding carboxylic acids is 2. The van der Waals surface area contributed by atoms with Crippen LogP contribution in [0.4, 0.5) is 19.0 Å². The number of hydrogen-bond donors (Lipinski definition) is 2. The maximum atomic E-state index is 12.4. The highest BCUT2D eigenvalue weighted by Gasteiger charge is 2.31. The summed E-state index contributed by atoms with van der Waals surface area (Å²) in [7, 11) is 0. The van der Waals surface area contributed by atoms with Crippen LogP contribution in [0.15, 0.2) is 30.5 Å². The molecule has 0 bridgehead atoms. The van der Waals surface area contributed by atoms with Crippen LogP contribution in [0.3, 0.4) is 0 Å². The lowest BCUT2D eigenvalue weighted by atomic mass is 10.1. The molecule has 11 heteroatoms. The highest BCUT2D eigenvalue weighted by molar-refractivity contribution is 6.32. The van der Waals surface area contributed by atoms with Gasteiger partial charge >= 0.3 is 6.36 Å². The molecular weight excluding hydrogens is 439 g/mol. The number of aromatic nitrogens is 1. The Morgan fingerprint density at radius 2 is 2.00 bits per heavy atom. The lowest BCUT2D eigenvalue weighted by molar-refractivity contribution is -0.274. The number of nitrogens with zero attached hydrogens (tertiary/aromatic N) is 1. The van der Waals surface area contributed by atoms with E-state index < -0.39 is 12.1 Å². The van der Waals surface area contributed by atoms with E-state index in [4.69, 9.17) is 16.3 Å². The van der Waals surface area contributed by atoms with Gasteiger partial charge in [-0.25, -0.2) is 4.98 Å². The third-order valence-corrected chi connectivity index (χ3v) is 4.72. The van der Waals surface area contributed by atoms with E-state index >= 15 is 0 Å². The topological polar surface area (TPSA) is 89.6 Å². The number of benzene rings is 1. The lowest BCUT2D eigenvalue weighted by Crippen LogP contribution is -2.29. The van der Waals surface area contributed by atoms with Gasteiger partial charge < -0.3 is 20.1 Å². The fourth-order valence-corrected chi connectivity index (χ4v) is 2.91. The van der Waals surface area contributed by atoms with E-state index in [1.54, 1.807) is 6.92 Å². The monoisotopic (exact) mass is 457 g/mol. The zero-order chi connectivity index (χ0) is 22.6. The Labute approximate surface area is 180 Å². The number of pyridine rings is 1. The third-order valence-electron chi connectivity index (χ3n) is 4.42. The molecule has 1 saturated carbocycles. The summed E-state index contributed by atoms with van der Waals surface area (Å²) in [6.07, 6.45) is -1.67. The first kappa shape index (κ1) is 22.7. The minimum atomic E-state index is -4.82. The molecule has 0 atom stereocenters. The van der Waals surface area contributed by atoms with Gasteiger partial charge in [-0.2, -0.15) is 0 Å². The summed E-state index contributed by atoms with van der Waals surface area (Å²) in [6, 6.07) is 4.84. The number of amides is 2. The van der Waals surface area contributed by atoms with Crippen LogP contribution in [-0.2, 0) is 4.79 Å². The molecule has 0 aliphatic heterocycles. The SMILES string of the molecule is Cc1c(C(=O)NCCOc2ccc(OC(F)(F)F)cc2Cl)ccnc1NC(=O)C1CC1. The van der Waals surface area contributed by atoms with Gasteiger partial charge in [0.15, 0.2) is 0 Å². The van der Waals surface area contributed by atoms with Gasteiger partial charge in [0.25, 0.3) is 5.91 Å². The second-order valence-electron chi connectivity index (χ2n) is 6.84. The van der Waals surface area contributed by atoms with Crippen LogP contribution in [0, 0.1) is 12.8 Å². The highest BCUT2D eigenvalue weighted by atomic mass is 35.5. The molecule has 0 radical (unpaired) electrons. The second kappa shape index (κ2) is 9.42. The Morgan fingerprint density at radius 1 is 1.26 bits per heavy atom. The van der Waals surface area contributed by atoms with Gasteiger partial charge in [-0.3, -0.25) is 9.59 Å². The Bertz CT molecular complexity index is 981. The molecule has 2 aromatic rings. The van der Waals surface area contributed by atoms with Gasteiger partial charge in [0.2, 0.25) is 5.91 Å². The van der Waals surface area contributed by atoms with Crippen molar-refractivity contribution >= 4 is 29.2 Å². The molecule has 1 aromatic carbocycles. The molecule has 0 saturated heterocycles. The number of rotatable bonds is 8. The van der Waals surface area contributed by atoms with Crippen molar-refractivity contribution < 1.29 is 32.2 Å². The number of hydrogen-bond acceptors (Lipinski definition) is 5. The summed E-state index contributed by atoms with van der Waals surface area (Å²) in [4.78, 5) is 28.5. The fraction of sp³-hybridized carbons (Fsp3) is 0.350. The average Bonchev–Trinajstić information content (AvgIpc) is 3.52. The normalized spacial score (nSPS) is 13.5. The van der Waals surface area contributed by atoms with E-state index in [1.165, 1.54) is 18.3 Å². The molecule has 0 unspecified atom stereocenters. The molecule has 1 fully saturated rings. The van der Waals surface area contributed by atoms with Crippen LogP contribution >= 0.6 is 11.6 Å². The van der Waals surface area contributed by atoms with E-state index in [0.29, 0.717) is 16.9 Å². The molecule has 1 aromatic heterocycles. The van der Waals surface area contributed by atoms with Gasteiger partial charge in [0.05, 0.1) is 11.6 Å². The van der Waals surface area contributed by atoms with E-state index in [1.807, 2.05) is 0 Å². The van der Waals surface area contributed by atoms with Gasteiger partial charge in [-0.05, 0) is 38.0 Å². The van der Waals surface area contributed by atoms with E-state index in [-0.39, 0.29) is 41.7 Å². The van der Waals surface area contributed by atoms with Crippen LogP contribution in [0.25, 0.3) is 0 Å². The molecule has 1 aliphatic carbocycles. The van der Waals surface area contributed by atoms with Crippen LogP contribution < -0.4 is 20.1 Å². The minimum Gasteiger partial charge on any atom is -0.490 e. The number of carbonyl (C=O) groups is 2. The van der Waals surface area contributed by atoms with Crippen LogP contribution in [-0.4, -0.2) is 36.3 Å². The predicted molar refractivity (Wildman–Crippen MR) is 106 cm³/mol. The van der Waals surface area contributed by atoms with Gasteiger partial charge in [0.1, 0.15) is 23.9 Å². The van der Waals surface area contributed by atoms with Crippen molar-refractivity contribution in [1.82, 2.24) is 10.3 Å². The summed E-state index contributed by atoms with van der Waals surface area (Å²) < 4.78 is 45.9. The zero-order valence-corrected chi connectivity index (χ0v) is 17.1. The molecule has 2 N–H and O–H groups in total. The highest BCUT2D eigenvalue weighted by Crippen LogP contribution is 2.32. The number of alkyl halides is 3. The van der Waals surface area contributed by atoms with Gasteiger partial charge in [-0.1, -0.05) is 11.6 Å². The van der Waals surface area contributed by atoms with Crippen LogP contribution in [0.2, 0.25) is 5.02 Å². The van der Waals surface area contributed by atoms with Gasteiger partial charge in [0, 0.05) is 29.3 Å². The van der Waals surface area contributed by atoms with Crippen molar-refractivity contribution in [2.45, 2.75) is 26.1 Å². The van der Waals surface area contributed by atoms with Crippen molar-refractivity contribution in [1.29, 1.82) is 0 Å². The summed E-state index contributed by atoms with van der Waals surface area (Å²) in [5.41, 5.74) is 0.894. The molecule has 166 valence electrons. The predicted octanol–water partition coefficient (Wildman–Crippen LogP) is 4.10. The number of nitrogens with one attached hydrogen (secondary N) is 2. The molecule has 0 spiro atoms. The summed E-state index contributed by atoms with van der Waals surface area (Å²) in [5.74, 6) is -0.451. The first-order valence-corrected chi connectivity index (χ1v) is 9.74. The van der Waals surface area contributed by atoms with Crippen molar-refractivity contribution in [2.75, 3.05) is 18.5 Å². The van der Waals surface area contributed by atoms with Gasteiger partial charge in [-0.15, -0.1) is 13.2 Å². The van der Waals surface area contributed by atoms with E-state index in [0.717, 1.165) is 25.0 Å². The molecule has 1 aliphatic rings. The quantitative estimate of drug-likeness (QED) is 0.582. The smallest absolute Gasteiger partial charge is 0.490 e. The van der Waals surface area contributed by atoms with Crippen LogP contribution in [0.5, 0.6) is 11.5 Å². The van der Waals surface area contributed by atoms with E-state index in [2.05, 4.69) is 20.4 Å². The minimum absolute atomic E-state index is 0.0109. The largest absolute Gasteiger partial charge is 0.573 e. The fourth-order valence-electron chi connectivity index (χ4n) is 2.69. The Kier molecular flexibility index (Phi) is 6.89. The maximum Gasteiger partial charge on any atom is 0.573 e. The molecule has 31 heavy (non-hydrogen) atoms. The summed E-state index contributed by atoms with van der Waals surface area (Å²) in [6.45, 7) is 1.83. The van der Waals surface area contributed by atoms with Crippen LogP contribution in [0.1, 0.15) is 28.8 Å². The zero-order valence-electron chi connectivity index (χ0n) is 16.4. The van der Waals surface area contributed by atoms with Crippen molar-refractivity contribution in [3.63, 3.8) is 0 Å². The Morgan fingerprint density at radius 3 is 2.65 bits per heavy atom. The first-order valence-electron chi connectivity index (χ1n) is 9.37. The molecular formula is C20H19ClF3N3O4. The summed E-state index contributed by atoms with van der Waals surface area (Å²) in [5, 5.41) is 5.34. The van der Waals surface area contributed by atoms with Crippen molar-refractivity contribution in [3.05, 3.63) is 46.6 Å². The molecule has 3 rings (SSSR count).